The van der Waals surface area contributed by atoms with Crippen LogP contribution in [0.25, 0.3) is 0 Å². The molecule has 0 atom stereocenters. The number of benzene rings is 1. The van der Waals surface area contributed by atoms with Gasteiger partial charge in [0.15, 0.2) is 5.82 Å². The van der Waals surface area contributed by atoms with Crippen LogP contribution in [0.15, 0.2) is 26.0 Å². The summed E-state index contributed by atoms with van der Waals surface area (Å²) in [7, 11) is 1.24. The summed E-state index contributed by atoms with van der Waals surface area (Å²) in [5.41, 5.74) is 0. The van der Waals surface area contributed by atoms with Crippen molar-refractivity contribution < 1.29 is 12.8 Å². The third-order valence-corrected chi connectivity index (χ3v) is 3.73. The first kappa shape index (κ1) is 11.4. The molecule has 0 aliphatic carbocycles. The molecule has 1 aromatic carbocycles. The van der Waals surface area contributed by atoms with Gasteiger partial charge in [0.05, 0.1) is 13.8 Å². The quantitative estimate of drug-likeness (QED) is 0.574. The second-order valence-corrected chi connectivity index (χ2v) is 6.41. The molecule has 0 radical (unpaired) electrons. The summed E-state index contributed by atoms with van der Waals surface area (Å²) in [5.74, 6) is -0.566. The van der Waals surface area contributed by atoms with Gasteiger partial charge in [0.2, 0.25) is 0 Å². The Bertz CT molecular complexity index is 423. The monoisotopic (exact) mass is 350 g/mol. The fraction of sp³-hybridized carbons (Fsp3) is 0. The highest BCUT2D eigenvalue weighted by atomic mass is 79.9. The minimum absolute atomic E-state index is 0.0427. The maximum absolute atomic E-state index is 13.0. The molecule has 0 aliphatic rings. The second kappa shape index (κ2) is 3.84. The van der Waals surface area contributed by atoms with Crippen molar-refractivity contribution in [1.82, 2.24) is 0 Å². The van der Waals surface area contributed by atoms with Gasteiger partial charge in [-0.25, -0.2) is 12.8 Å². The van der Waals surface area contributed by atoms with Crippen molar-refractivity contribution in [2.75, 3.05) is 0 Å². The third kappa shape index (κ3) is 2.65. The lowest BCUT2D eigenvalue weighted by Crippen LogP contribution is -1.92. The van der Waals surface area contributed by atoms with E-state index in [4.69, 9.17) is 10.7 Å². The fourth-order valence-corrected chi connectivity index (χ4v) is 2.95. The van der Waals surface area contributed by atoms with E-state index in [0.717, 1.165) is 12.1 Å². The van der Waals surface area contributed by atoms with Crippen LogP contribution >= 0.6 is 42.5 Å². The van der Waals surface area contributed by atoms with E-state index in [-0.39, 0.29) is 13.8 Å². The van der Waals surface area contributed by atoms with Crippen LogP contribution in [0.5, 0.6) is 0 Å². The standard InChI is InChI=1S/C6H2Br2ClFO2S/c7-4-1-3(13(9,11)12)2-5(8)6(4)10/h1-2H. The molecule has 0 saturated heterocycles. The molecule has 7 heteroatoms. The molecule has 2 nitrogen and oxygen atoms in total. The van der Waals surface area contributed by atoms with Gasteiger partial charge in [0.25, 0.3) is 9.05 Å². The molecule has 0 unspecified atom stereocenters. The number of hydrogen-bond donors (Lipinski definition) is 0. The van der Waals surface area contributed by atoms with Gasteiger partial charge in [-0.1, -0.05) is 0 Å². The van der Waals surface area contributed by atoms with E-state index in [9.17, 15) is 12.8 Å². The molecule has 1 aromatic rings. The predicted molar refractivity (Wildman–Crippen MR) is 54.8 cm³/mol. The topological polar surface area (TPSA) is 34.1 Å². The van der Waals surface area contributed by atoms with Crippen molar-refractivity contribution in [3.63, 3.8) is 0 Å². The van der Waals surface area contributed by atoms with E-state index < -0.39 is 14.9 Å². The van der Waals surface area contributed by atoms with Crippen LogP contribution in [0, 0.1) is 5.82 Å². The summed E-state index contributed by atoms with van der Waals surface area (Å²) in [5, 5.41) is 0. The van der Waals surface area contributed by atoms with E-state index in [1.807, 2.05) is 0 Å². The Labute approximate surface area is 95.8 Å². The Morgan fingerprint density at radius 2 is 1.62 bits per heavy atom. The van der Waals surface area contributed by atoms with Gasteiger partial charge in [-0.05, 0) is 44.0 Å². The zero-order valence-corrected chi connectivity index (χ0v) is 10.6. The smallest absolute Gasteiger partial charge is 0.207 e. The molecule has 13 heavy (non-hydrogen) atoms. The van der Waals surface area contributed by atoms with E-state index in [0.29, 0.717) is 0 Å². The summed E-state index contributed by atoms with van der Waals surface area (Å²) in [6.45, 7) is 0. The van der Waals surface area contributed by atoms with Crippen LogP contribution in [0.1, 0.15) is 0 Å². The van der Waals surface area contributed by atoms with Gasteiger partial charge >= 0.3 is 0 Å². The summed E-state index contributed by atoms with van der Waals surface area (Å²) < 4.78 is 34.8. The van der Waals surface area contributed by atoms with Gasteiger partial charge in [0.1, 0.15) is 0 Å². The number of halogens is 4. The lowest BCUT2D eigenvalue weighted by molar-refractivity contribution is 0.603. The molecule has 72 valence electrons. The summed E-state index contributed by atoms with van der Waals surface area (Å²) in [6, 6.07) is 2.20. The van der Waals surface area contributed by atoms with Crippen molar-refractivity contribution in [2.45, 2.75) is 4.90 Å². The minimum Gasteiger partial charge on any atom is -0.207 e. The Hall–Kier alpha value is 0.350. The molecule has 0 spiro atoms. The predicted octanol–water partition coefficient (Wildman–Crippen LogP) is 3.28. The van der Waals surface area contributed by atoms with Crippen LogP contribution in [0.4, 0.5) is 4.39 Å². The summed E-state index contributed by atoms with van der Waals surface area (Å²) in [6.07, 6.45) is 0. The van der Waals surface area contributed by atoms with Crippen molar-refractivity contribution in [2.24, 2.45) is 0 Å². The van der Waals surface area contributed by atoms with Gasteiger partial charge < -0.3 is 0 Å². The molecular weight excluding hydrogens is 350 g/mol. The Morgan fingerprint density at radius 3 is 1.92 bits per heavy atom. The van der Waals surface area contributed by atoms with Crippen LogP contribution in [-0.4, -0.2) is 8.42 Å². The normalized spacial score (nSPS) is 11.7. The van der Waals surface area contributed by atoms with Gasteiger partial charge in [-0.2, -0.15) is 0 Å². The molecule has 0 fully saturated rings. The van der Waals surface area contributed by atoms with Gasteiger partial charge in [-0.3, -0.25) is 0 Å². The first-order chi connectivity index (χ1) is 5.82. The first-order valence-electron chi connectivity index (χ1n) is 2.91. The van der Waals surface area contributed by atoms with E-state index in [1.165, 1.54) is 0 Å². The van der Waals surface area contributed by atoms with Crippen molar-refractivity contribution in [3.8, 4) is 0 Å². The van der Waals surface area contributed by atoms with Crippen LogP contribution in [-0.2, 0) is 9.05 Å². The first-order valence-corrected chi connectivity index (χ1v) is 6.81. The Balaban J connectivity index is 3.47. The van der Waals surface area contributed by atoms with Crippen LogP contribution in [0.3, 0.4) is 0 Å². The lowest BCUT2D eigenvalue weighted by atomic mass is 10.3. The van der Waals surface area contributed by atoms with E-state index in [1.54, 1.807) is 0 Å². The Kier molecular flexibility index (Phi) is 3.38. The summed E-state index contributed by atoms with van der Waals surface area (Å²) >= 11 is 5.72. The molecule has 1 rings (SSSR count). The number of rotatable bonds is 1. The lowest BCUT2D eigenvalue weighted by Gasteiger charge is -2.00. The summed E-state index contributed by atoms with van der Waals surface area (Å²) in [4.78, 5) is -0.158. The number of hydrogen-bond acceptors (Lipinski definition) is 2. The average Bonchev–Trinajstić information content (AvgIpc) is 1.97. The molecule has 0 aliphatic heterocycles. The van der Waals surface area contributed by atoms with Crippen LogP contribution < -0.4 is 0 Å². The largest absolute Gasteiger partial charge is 0.261 e. The van der Waals surface area contributed by atoms with Gasteiger partial charge in [-0.15, -0.1) is 0 Å². The highest BCUT2D eigenvalue weighted by molar-refractivity contribution is 9.11. The molecule has 0 amide bonds. The Morgan fingerprint density at radius 1 is 1.23 bits per heavy atom. The maximum atomic E-state index is 13.0. The highest BCUT2D eigenvalue weighted by Gasteiger charge is 2.15. The zero-order chi connectivity index (χ0) is 10.2. The van der Waals surface area contributed by atoms with Crippen molar-refractivity contribution in [1.29, 1.82) is 0 Å². The molecular formula is C6H2Br2ClFO2S. The molecule has 0 N–H and O–H groups in total. The average molecular weight is 352 g/mol. The van der Waals surface area contributed by atoms with Gasteiger partial charge in [0, 0.05) is 10.7 Å². The maximum Gasteiger partial charge on any atom is 0.261 e. The molecule has 0 bridgehead atoms. The molecule has 0 heterocycles. The third-order valence-electron chi connectivity index (χ3n) is 1.24. The van der Waals surface area contributed by atoms with E-state index in [2.05, 4.69) is 31.9 Å². The van der Waals surface area contributed by atoms with Crippen molar-refractivity contribution in [3.05, 3.63) is 26.9 Å². The highest BCUT2D eigenvalue weighted by Crippen LogP contribution is 2.28. The molecule has 0 saturated carbocycles. The zero-order valence-electron chi connectivity index (χ0n) is 5.89. The van der Waals surface area contributed by atoms with Crippen molar-refractivity contribution >= 4 is 51.6 Å². The SMILES string of the molecule is O=S(=O)(Cl)c1cc(Br)c(F)c(Br)c1. The van der Waals surface area contributed by atoms with E-state index >= 15 is 0 Å². The van der Waals surface area contributed by atoms with Crippen LogP contribution in [0.2, 0.25) is 0 Å². The molecule has 0 aromatic heterocycles. The minimum atomic E-state index is -3.82. The fourth-order valence-electron chi connectivity index (χ4n) is 0.673. The second-order valence-electron chi connectivity index (χ2n) is 2.14.